The minimum Gasteiger partial charge on any atom is -0.478 e. The number of carboxylic acid groups (broad SMARTS) is 1. The lowest BCUT2D eigenvalue weighted by molar-refractivity contribution is 0.0698. The average Bonchev–Trinajstić information content (AvgIpc) is 2.39. The van der Waals surface area contributed by atoms with Crippen molar-refractivity contribution in [2.45, 2.75) is 39.7 Å². The first-order chi connectivity index (χ1) is 9.19. The monoisotopic (exact) mass is 278 g/mol. The lowest BCUT2D eigenvalue weighted by Crippen LogP contribution is -2.46. The summed E-state index contributed by atoms with van der Waals surface area (Å²) in [6.07, 6.45) is 0.802. The van der Waals surface area contributed by atoms with Gasteiger partial charge in [0.2, 0.25) is 0 Å². The van der Waals surface area contributed by atoms with Gasteiger partial charge >= 0.3 is 12.0 Å². The lowest BCUT2D eigenvalue weighted by Gasteiger charge is -2.34. The zero-order valence-electron chi connectivity index (χ0n) is 12.7. The number of urea groups is 1. The van der Waals surface area contributed by atoms with E-state index < -0.39 is 5.97 Å². The van der Waals surface area contributed by atoms with Crippen LogP contribution in [0.2, 0.25) is 0 Å². The van der Waals surface area contributed by atoms with Crippen LogP contribution in [0.25, 0.3) is 0 Å². The van der Waals surface area contributed by atoms with Crippen molar-refractivity contribution in [1.82, 2.24) is 4.90 Å². The second kappa shape index (κ2) is 5.94. The number of aryl methyl sites for hydroxylation is 1. The Morgan fingerprint density at radius 2 is 1.95 bits per heavy atom. The van der Waals surface area contributed by atoms with Gasteiger partial charge in [-0.15, -0.1) is 0 Å². The van der Waals surface area contributed by atoms with Crippen molar-refractivity contribution < 1.29 is 14.7 Å². The number of nitrogens with one attached hydrogen (secondary N) is 1. The number of rotatable bonds is 4. The molecule has 0 aliphatic heterocycles. The van der Waals surface area contributed by atoms with Gasteiger partial charge in [0.05, 0.1) is 11.3 Å². The summed E-state index contributed by atoms with van der Waals surface area (Å²) < 4.78 is 0. The van der Waals surface area contributed by atoms with Gasteiger partial charge in [-0.1, -0.05) is 18.6 Å². The van der Waals surface area contributed by atoms with Crippen molar-refractivity contribution in [2.75, 3.05) is 12.4 Å². The first-order valence-electron chi connectivity index (χ1n) is 6.57. The third kappa shape index (κ3) is 3.50. The first kappa shape index (κ1) is 16.0. The molecule has 2 amide bonds. The summed E-state index contributed by atoms with van der Waals surface area (Å²) in [4.78, 5) is 25.0. The first-order valence-corrected chi connectivity index (χ1v) is 6.57. The SMILES string of the molecule is CCC(C)(C)N(C)C(=O)Nc1ccc(C)cc1C(=O)O. The maximum absolute atomic E-state index is 12.2. The van der Waals surface area contributed by atoms with E-state index in [-0.39, 0.29) is 17.1 Å². The number of hydrogen-bond acceptors (Lipinski definition) is 2. The molecule has 0 fully saturated rings. The molecule has 0 aliphatic rings. The van der Waals surface area contributed by atoms with Gasteiger partial charge < -0.3 is 15.3 Å². The van der Waals surface area contributed by atoms with Crippen LogP contribution in [0.15, 0.2) is 18.2 Å². The Kier molecular flexibility index (Phi) is 4.76. The molecule has 0 radical (unpaired) electrons. The number of anilines is 1. The van der Waals surface area contributed by atoms with E-state index in [0.29, 0.717) is 5.69 Å². The molecule has 0 aromatic heterocycles. The molecule has 1 aromatic carbocycles. The predicted octanol–water partition coefficient (Wildman–Crippen LogP) is 3.35. The van der Waals surface area contributed by atoms with Gasteiger partial charge in [0.1, 0.15) is 0 Å². The molecular formula is C15H22N2O3. The minimum absolute atomic E-state index is 0.0982. The van der Waals surface area contributed by atoms with E-state index in [2.05, 4.69) is 5.32 Å². The molecule has 0 unspecified atom stereocenters. The summed E-state index contributed by atoms with van der Waals surface area (Å²) in [7, 11) is 1.70. The molecule has 0 spiro atoms. The zero-order valence-corrected chi connectivity index (χ0v) is 12.7. The second-order valence-electron chi connectivity index (χ2n) is 5.51. The third-order valence-electron chi connectivity index (χ3n) is 3.72. The van der Waals surface area contributed by atoms with Gasteiger partial charge in [0.25, 0.3) is 0 Å². The van der Waals surface area contributed by atoms with Crippen molar-refractivity contribution in [3.8, 4) is 0 Å². The van der Waals surface area contributed by atoms with Crippen molar-refractivity contribution in [3.63, 3.8) is 0 Å². The van der Waals surface area contributed by atoms with Crippen LogP contribution in [-0.4, -0.2) is 34.6 Å². The summed E-state index contributed by atoms with van der Waals surface area (Å²) >= 11 is 0. The molecule has 0 heterocycles. The topological polar surface area (TPSA) is 69.6 Å². The van der Waals surface area contributed by atoms with Gasteiger partial charge in [-0.05, 0) is 39.3 Å². The molecule has 20 heavy (non-hydrogen) atoms. The Balaban J connectivity index is 3.00. The van der Waals surface area contributed by atoms with E-state index in [1.165, 1.54) is 0 Å². The van der Waals surface area contributed by atoms with Crippen molar-refractivity contribution in [1.29, 1.82) is 0 Å². The highest BCUT2D eigenvalue weighted by Gasteiger charge is 2.26. The number of aromatic carboxylic acids is 1. The Labute approximate surface area is 119 Å². The van der Waals surface area contributed by atoms with Gasteiger partial charge in [0.15, 0.2) is 0 Å². The van der Waals surface area contributed by atoms with E-state index in [1.54, 1.807) is 30.1 Å². The Morgan fingerprint density at radius 3 is 2.45 bits per heavy atom. The fourth-order valence-electron chi connectivity index (χ4n) is 1.66. The highest BCUT2D eigenvalue weighted by Crippen LogP contribution is 2.21. The summed E-state index contributed by atoms with van der Waals surface area (Å²) in [5, 5.41) is 11.8. The normalized spacial score (nSPS) is 11.1. The largest absolute Gasteiger partial charge is 0.478 e. The third-order valence-corrected chi connectivity index (χ3v) is 3.72. The van der Waals surface area contributed by atoms with Crippen LogP contribution >= 0.6 is 0 Å². The van der Waals surface area contributed by atoms with Gasteiger partial charge in [0, 0.05) is 12.6 Å². The van der Waals surface area contributed by atoms with E-state index in [1.807, 2.05) is 27.7 Å². The molecule has 0 saturated heterocycles. The fourth-order valence-corrected chi connectivity index (χ4v) is 1.66. The number of hydrogen-bond donors (Lipinski definition) is 2. The molecule has 0 aliphatic carbocycles. The maximum atomic E-state index is 12.2. The van der Waals surface area contributed by atoms with E-state index in [9.17, 15) is 14.7 Å². The Morgan fingerprint density at radius 1 is 1.35 bits per heavy atom. The maximum Gasteiger partial charge on any atom is 0.337 e. The van der Waals surface area contributed by atoms with Crippen LogP contribution < -0.4 is 5.32 Å². The van der Waals surface area contributed by atoms with Crippen molar-refractivity contribution in [3.05, 3.63) is 29.3 Å². The molecule has 5 nitrogen and oxygen atoms in total. The van der Waals surface area contributed by atoms with E-state index in [0.717, 1.165) is 12.0 Å². The summed E-state index contributed by atoms with van der Waals surface area (Å²) in [5.74, 6) is -1.05. The molecule has 1 rings (SSSR count). The predicted molar refractivity (Wildman–Crippen MR) is 79.3 cm³/mol. The van der Waals surface area contributed by atoms with Crippen molar-refractivity contribution >= 4 is 17.7 Å². The highest BCUT2D eigenvalue weighted by atomic mass is 16.4. The minimum atomic E-state index is -1.05. The standard InChI is InChI=1S/C15H22N2O3/c1-6-15(3,4)17(5)14(20)16-12-8-7-10(2)9-11(12)13(18)19/h7-9H,6H2,1-5H3,(H,16,20)(H,18,19). The highest BCUT2D eigenvalue weighted by molar-refractivity contribution is 6.00. The smallest absolute Gasteiger partial charge is 0.337 e. The average molecular weight is 278 g/mol. The molecule has 1 aromatic rings. The molecule has 110 valence electrons. The Bertz CT molecular complexity index is 524. The number of nitrogens with zero attached hydrogens (tertiary/aromatic N) is 1. The van der Waals surface area contributed by atoms with Crippen LogP contribution in [0.1, 0.15) is 43.1 Å². The van der Waals surface area contributed by atoms with E-state index >= 15 is 0 Å². The quantitative estimate of drug-likeness (QED) is 0.887. The number of amides is 2. The number of carboxylic acids is 1. The van der Waals surface area contributed by atoms with E-state index in [4.69, 9.17) is 0 Å². The number of benzene rings is 1. The lowest BCUT2D eigenvalue weighted by atomic mass is 10.0. The molecule has 0 saturated carbocycles. The van der Waals surface area contributed by atoms with Gasteiger partial charge in [-0.25, -0.2) is 9.59 Å². The molecule has 5 heteroatoms. The summed E-state index contributed by atoms with van der Waals surface area (Å²) in [5.41, 5.74) is 0.952. The Hall–Kier alpha value is -2.04. The van der Waals surface area contributed by atoms with Gasteiger partial charge in [-0.3, -0.25) is 0 Å². The molecule has 0 atom stereocenters. The molecule has 0 bridgehead atoms. The number of carbonyl (C=O) groups is 2. The van der Waals surface area contributed by atoms with Crippen LogP contribution in [-0.2, 0) is 0 Å². The van der Waals surface area contributed by atoms with Crippen LogP contribution in [0, 0.1) is 6.92 Å². The van der Waals surface area contributed by atoms with Crippen molar-refractivity contribution in [2.24, 2.45) is 0 Å². The van der Waals surface area contributed by atoms with Crippen LogP contribution in [0.4, 0.5) is 10.5 Å². The zero-order chi connectivity index (χ0) is 15.5. The summed E-state index contributed by atoms with van der Waals surface area (Å²) in [6, 6.07) is 4.61. The van der Waals surface area contributed by atoms with Crippen LogP contribution in [0.3, 0.4) is 0 Å². The number of carbonyl (C=O) groups excluding carboxylic acids is 1. The van der Waals surface area contributed by atoms with Gasteiger partial charge in [-0.2, -0.15) is 0 Å². The van der Waals surface area contributed by atoms with Crippen LogP contribution in [0.5, 0.6) is 0 Å². The fraction of sp³-hybridized carbons (Fsp3) is 0.467. The second-order valence-corrected chi connectivity index (χ2v) is 5.51. The summed E-state index contributed by atoms with van der Waals surface area (Å²) in [6.45, 7) is 7.72. The molecule has 2 N–H and O–H groups in total. The molecular weight excluding hydrogens is 256 g/mol.